The van der Waals surface area contributed by atoms with Crippen molar-refractivity contribution in [1.29, 1.82) is 0 Å². The Kier molecular flexibility index (Phi) is 6.84. The molecule has 0 radical (unpaired) electrons. The lowest BCUT2D eigenvalue weighted by atomic mass is 10.1. The number of nitrogens with zero attached hydrogens (tertiary/aromatic N) is 1. The number of likely N-dealkylation sites (N-methyl/N-ethyl adjacent to an activating group) is 1. The van der Waals surface area contributed by atoms with Crippen molar-refractivity contribution in [3.63, 3.8) is 0 Å². The minimum Gasteiger partial charge on any atom is -0.492 e. The van der Waals surface area contributed by atoms with E-state index in [0.717, 1.165) is 12.3 Å². The molecule has 19 heavy (non-hydrogen) atoms. The van der Waals surface area contributed by atoms with E-state index in [9.17, 15) is 0 Å². The zero-order chi connectivity index (χ0) is 14.3. The molecule has 0 heterocycles. The number of nitrogens with one attached hydrogen (secondary N) is 1. The highest BCUT2D eigenvalue weighted by Gasteiger charge is 2.09. The maximum Gasteiger partial charge on any atom is 0.119 e. The van der Waals surface area contributed by atoms with Gasteiger partial charge in [-0.1, -0.05) is 12.1 Å². The van der Waals surface area contributed by atoms with Crippen LogP contribution >= 0.6 is 0 Å². The molecule has 0 bridgehead atoms. The van der Waals surface area contributed by atoms with Crippen LogP contribution in [0.5, 0.6) is 5.75 Å². The van der Waals surface area contributed by atoms with Crippen LogP contribution in [0.4, 0.5) is 0 Å². The molecule has 0 aliphatic carbocycles. The summed E-state index contributed by atoms with van der Waals surface area (Å²) in [6, 6.07) is 8.38. The number of hydrogen-bond acceptors (Lipinski definition) is 4. The van der Waals surface area contributed by atoms with E-state index in [1.807, 2.05) is 33.2 Å². The van der Waals surface area contributed by atoms with E-state index in [1.165, 1.54) is 5.56 Å². The van der Waals surface area contributed by atoms with Crippen LogP contribution in [0.1, 0.15) is 25.5 Å². The molecule has 108 valence electrons. The SMILES string of the molecule is CC(N[C@H](C)CO)c1cccc(OCCN(C)C)c1. The Morgan fingerprint density at radius 3 is 2.68 bits per heavy atom. The Hall–Kier alpha value is -1.10. The molecular formula is C15H26N2O2. The average Bonchev–Trinajstić information content (AvgIpc) is 2.38. The maximum atomic E-state index is 9.06. The summed E-state index contributed by atoms with van der Waals surface area (Å²) in [4.78, 5) is 2.09. The van der Waals surface area contributed by atoms with Crippen molar-refractivity contribution in [1.82, 2.24) is 10.2 Å². The molecule has 1 aromatic rings. The minimum absolute atomic E-state index is 0.0910. The van der Waals surface area contributed by atoms with Crippen LogP contribution in [0, 0.1) is 0 Å². The number of aliphatic hydroxyl groups is 1. The van der Waals surface area contributed by atoms with Gasteiger partial charge in [-0.15, -0.1) is 0 Å². The van der Waals surface area contributed by atoms with Crippen LogP contribution in [-0.4, -0.2) is 49.9 Å². The predicted octanol–water partition coefficient (Wildman–Crippen LogP) is 1.66. The van der Waals surface area contributed by atoms with Crippen molar-refractivity contribution < 1.29 is 9.84 Å². The molecular weight excluding hydrogens is 240 g/mol. The van der Waals surface area contributed by atoms with E-state index < -0.39 is 0 Å². The van der Waals surface area contributed by atoms with E-state index in [0.29, 0.717) is 6.61 Å². The highest BCUT2D eigenvalue weighted by Crippen LogP contribution is 2.19. The maximum absolute atomic E-state index is 9.06. The molecule has 2 atom stereocenters. The van der Waals surface area contributed by atoms with E-state index >= 15 is 0 Å². The fourth-order valence-electron chi connectivity index (χ4n) is 1.80. The van der Waals surface area contributed by atoms with Crippen molar-refractivity contribution in [2.24, 2.45) is 0 Å². The minimum atomic E-state index is 0.0910. The van der Waals surface area contributed by atoms with Gasteiger partial charge in [0.05, 0.1) is 6.61 Å². The van der Waals surface area contributed by atoms with Gasteiger partial charge in [0.15, 0.2) is 0 Å². The largest absolute Gasteiger partial charge is 0.492 e. The second kappa shape index (κ2) is 8.15. The summed E-state index contributed by atoms with van der Waals surface area (Å²) in [5.41, 5.74) is 1.17. The summed E-state index contributed by atoms with van der Waals surface area (Å²) < 4.78 is 5.72. The van der Waals surface area contributed by atoms with E-state index in [2.05, 4.69) is 29.3 Å². The molecule has 1 unspecified atom stereocenters. The molecule has 1 rings (SSSR count). The van der Waals surface area contributed by atoms with Gasteiger partial charge in [0.2, 0.25) is 0 Å². The molecule has 4 heteroatoms. The second-order valence-corrected chi connectivity index (χ2v) is 5.20. The van der Waals surface area contributed by atoms with Crippen LogP contribution < -0.4 is 10.1 Å². The summed E-state index contributed by atoms with van der Waals surface area (Å²) in [6.45, 7) is 5.78. The number of aliphatic hydroxyl groups excluding tert-OH is 1. The zero-order valence-electron chi connectivity index (χ0n) is 12.4. The number of hydrogen-bond donors (Lipinski definition) is 2. The fraction of sp³-hybridized carbons (Fsp3) is 0.600. The Labute approximate surface area is 116 Å². The summed E-state index contributed by atoms with van der Waals surface area (Å²) in [5, 5.41) is 12.4. The Balaban J connectivity index is 2.55. The Morgan fingerprint density at radius 1 is 1.32 bits per heavy atom. The third kappa shape index (κ3) is 6.05. The van der Waals surface area contributed by atoms with Gasteiger partial charge < -0.3 is 20.1 Å². The van der Waals surface area contributed by atoms with Gasteiger partial charge >= 0.3 is 0 Å². The summed E-state index contributed by atoms with van der Waals surface area (Å²) in [7, 11) is 4.06. The highest BCUT2D eigenvalue weighted by atomic mass is 16.5. The normalized spacial score (nSPS) is 14.4. The first-order valence-corrected chi connectivity index (χ1v) is 6.77. The molecule has 1 aromatic carbocycles. The number of ether oxygens (including phenoxy) is 1. The second-order valence-electron chi connectivity index (χ2n) is 5.20. The molecule has 2 N–H and O–H groups in total. The third-order valence-electron chi connectivity index (χ3n) is 2.97. The van der Waals surface area contributed by atoms with Crippen LogP contribution in [0.15, 0.2) is 24.3 Å². The first-order chi connectivity index (χ1) is 9.02. The van der Waals surface area contributed by atoms with Crippen molar-refractivity contribution in [3.8, 4) is 5.75 Å². The molecule has 0 aliphatic rings. The monoisotopic (exact) mass is 266 g/mol. The predicted molar refractivity (Wildman–Crippen MR) is 78.6 cm³/mol. The fourth-order valence-corrected chi connectivity index (χ4v) is 1.80. The van der Waals surface area contributed by atoms with Crippen molar-refractivity contribution in [2.45, 2.75) is 25.9 Å². The van der Waals surface area contributed by atoms with E-state index in [-0.39, 0.29) is 18.7 Å². The zero-order valence-corrected chi connectivity index (χ0v) is 12.4. The first kappa shape index (κ1) is 16.0. The summed E-state index contributed by atoms with van der Waals surface area (Å²) >= 11 is 0. The first-order valence-electron chi connectivity index (χ1n) is 6.77. The highest BCUT2D eigenvalue weighted by molar-refractivity contribution is 5.30. The molecule has 0 fully saturated rings. The lowest BCUT2D eigenvalue weighted by molar-refractivity contribution is 0.243. The van der Waals surface area contributed by atoms with Gasteiger partial charge in [0, 0.05) is 18.6 Å². The number of benzene rings is 1. The molecule has 4 nitrogen and oxygen atoms in total. The van der Waals surface area contributed by atoms with Gasteiger partial charge in [-0.25, -0.2) is 0 Å². The quantitative estimate of drug-likeness (QED) is 0.751. The van der Waals surface area contributed by atoms with Gasteiger partial charge in [-0.2, -0.15) is 0 Å². The van der Waals surface area contributed by atoms with Crippen LogP contribution in [0.3, 0.4) is 0 Å². The van der Waals surface area contributed by atoms with E-state index in [4.69, 9.17) is 9.84 Å². The smallest absolute Gasteiger partial charge is 0.119 e. The third-order valence-corrected chi connectivity index (χ3v) is 2.97. The van der Waals surface area contributed by atoms with Crippen molar-refractivity contribution in [2.75, 3.05) is 33.9 Å². The summed E-state index contributed by atoms with van der Waals surface area (Å²) in [5.74, 6) is 0.893. The number of rotatable bonds is 8. The van der Waals surface area contributed by atoms with Gasteiger partial charge in [0.1, 0.15) is 12.4 Å². The molecule has 0 aliphatic heterocycles. The topological polar surface area (TPSA) is 44.7 Å². The van der Waals surface area contributed by atoms with Gasteiger partial charge in [0.25, 0.3) is 0 Å². The van der Waals surface area contributed by atoms with Gasteiger partial charge in [-0.3, -0.25) is 0 Å². The summed E-state index contributed by atoms with van der Waals surface area (Å²) in [6.07, 6.45) is 0. The van der Waals surface area contributed by atoms with Crippen LogP contribution in [0.2, 0.25) is 0 Å². The van der Waals surface area contributed by atoms with Crippen molar-refractivity contribution >= 4 is 0 Å². The average molecular weight is 266 g/mol. The molecule has 0 spiro atoms. The van der Waals surface area contributed by atoms with Gasteiger partial charge in [-0.05, 0) is 45.6 Å². The Bertz CT molecular complexity index is 369. The Morgan fingerprint density at radius 2 is 2.05 bits per heavy atom. The van der Waals surface area contributed by atoms with E-state index in [1.54, 1.807) is 0 Å². The van der Waals surface area contributed by atoms with Crippen molar-refractivity contribution in [3.05, 3.63) is 29.8 Å². The van der Waals surface area contributed by atoms with Crippen LogP contribution in [0.25, 0.3) is 0 Å². The lowest BCUT2D eigenvalue weighted by Crippen LogP contribution is -2.31. The molecule has 0 aromatic heterocycles. The molecule has 0 saturated heterocycles. The molecule has 0 saturated carbocycles. The van der Waals surface area contributed by atoms with Crippen LogP contribution in [-0.2, 0) is 0 Å². The molecule has 0 amide bonds. The lowest BCUT2D eigenvalue weighted by Gasteiger charge is -2.19. The standard InChI is InChI=1S/C15H26N2O2/c1-12(11-18)16-13(2)14-6-5-7-15(10-14)19-9-8-17(3)4/h5-7,10,12-13,16,18H,8-9,11H2,1-4H3/t12-,13?/m1/s1.